The molecule has 0 atom stereocenters. The Hall–Kier alpha value is -0.980. The number of hydrogen-bond donors (Lipinski definition) is 1. The molecule has 0 saturated heterocycles. The van der Waals surface area contributed by atoms with Crippen LogP contribution in [-0.4, -0.2) is 13.0 Å². The summed E-state index contributed by atoms with van der Waals surface area (Å²) in [5.74, 6) is 0. The average Bonchev–Trinajstić information content (AvgIpc) is 2.61. The summed E-state index contributed by atoms with van der Waals surface area (Å²) in [4.78, 5) is 0. The predicted molar refractivity (Wildman–Crippen MR) is 111 cm³/mol. The third-order valence-electron chi connectivity index (χ3n) is 4.55. The van der Waals surface area contributed by atoms with Crippen molar-refractivity contribution in [3.8, 4) is 0 Å². The molecule has 1 aromatic rings. The van der Waals surface area contributed by atoms with Crippen molar-refractivity contribution in [2.75, 3.05) is 0 Å². The van der Waals surface area contributed by atoms with Crippen LogP contribution < -0.4 is 9.71 Å². The molecule has 0 aliphatic rings. The third kappa shape index (κ3) is 25.0. The summed E-state index contributed by atoms with van der Waals surface area (Å²) in [5.41, 5.74) is 0. The molecule has 1 heterocycles. The van der Waals surface area contributed by atoms with E-state index in [0.29, 0.717) is 0 Å². The van der Waals surface area contributed by atoms with Crippen LogP contribution >= 0.6 is 0 Å². The van der Waals surface area contributed by atoms with Gasteiger partial charge >= 0.3 is 0 Å². The Labute approximate surface area is 167 Å². The van der Waals surface area contributed by atoms with Crippen LogP contribution in [0.5, 0.6) is 0 Å². The molecule has 1 rings (SSSR count). The van der Waals surface area contributed by atoms with Gasteiger partial charge in [0.1, 0.15) is 6.54 Å². The maximum atomic E-state index is 8.85. The smallest absolute Gasteiger partial charge is 0.168 e. The van der Waals surface area contributed by atoms with Gasteiger partial charge in [-0.25, -0.2) is 18.1 Å². The van der Waals surface area contributed by atoms with Crippen LogP contribution in [0.1, 0.15) is 96.8 Å². The summed E-state index contributed by atoms with van der Waals surface area (Å²) in [6.07, 6.45) is 24.4. The fraction of sp³-hybridized carbons (Fsp3) is 0.762. The molecule has 0 aliphatic carbocycles. The van der Waals surface area contributed by atoms with E-state index in [2.05, 4.69) is 47.2 Å². The van der Waals surface area contributed by atoms with E-state index in [0.717, 1.165) is 0 Å². The lowest BCUT2D eigenvalue weighted by Crippen LogP contribution is -2.32. The van der Waals surface area contributed by atoms with Crippen molar-refractivity contribution in [3.05, 3.63) is 30.6 Å². The van der Waals surface area contributed by atoms with Crippen molar-refractivity contribution in [3.63, 3.8) is 0 Å². The first-order valence-electron chi connectivity index (χ1n) is 10.6. The average molecular weight is 401 g/mol. The van der Waals surface area contributed by atoms with Crippen LogP contribution in [0.3, 0.4) is 0 Å². The van der Waals surface area contributed by atoms with Gasteiger partial charge in [0.25, 0.3) is 0 Å². The molecule has 0 amide bonds. The van der Waals surface area contributed by atoms with E-state index >= 15 is 0 Å². The third-order valence-corrected chi connectivity index (χ3v) is 4.55. The molecule has 5 nitrogen and oxygen atoms in total. The zero-order valence-electron chi connectivity index (χ0n) is 17.2. The molecule has 0 aromatic carbocycles. The van der Waals surface area contributed by atoms with Gasteiger partial charge < -0.3 is 4.55 Å². The molecule has 27 heavy (non-hydrogen) atoms. The van der Waals surface area contributed by atoms with E-state index in [1.807, 2.05) is 0 Å². The second-order valence-electron chi connectivity index (χ2n) is 7.20. The van der Waals surface area contributed by atoms with Crippen molar-refractivity contribution in [1.29, 1.82) is 0 Å². The summed E-state index contributed by atoms with van der Waals surface area (Å²) in [5, 5.41) is 3.77. The number of aryl methyl sites for hydroxylation is 1. The van der Waals surface area contributed by atoms with Gasteiger partial charge in [-0.3, -0.25) is 0 Å². The topological polar surface area (TPSA) is 87.1 Å². The second kappa shape index (κ2) is 18.4. The highest BCUT2D eigenvalue weighted by Gasteiger charge is 1.98. The van der Waals surface area contributed by atoms with E-state index in [1.54, 1.807) is 0 Å². The maximum absolute atomic E-state index is 8.85. The standard InChI is InChI=1S/C21H38N.H3NO3S/c1-2-3-4-5-6-7-8-9-10-11-12-13-14-16-19-22-20-17-15-18-21-22;1-5(2,3)4/h15,17-18,20-21H,2-14,16,19H2,1H3;(H3,1,2,3,4)/q+1;/p-1. The number of rotatable bonds is 15. The van der Waals surface area contributed by atoms with Crippen LogP contribution in [0.4, 0.5) is 0 Å². The Kier molecular flexibility index (Phi) is 17.7. The number of nitrogens with zero attached hydrogens (tertiary/aromatic N) is 1. The lowest BCUT2D eigenvalue weighted by molar-refractivity contribution is -0.697. The first kappa shape index (κ1) is 26.0. The van der Waals surface area contributed by atoms with Crippen LogP contribution in [0, 0.1) is 0 Å². The minimum absolute atomic E-state index is 1.18. The van der Waals surface area contributed by atoms with E-state index < -0.39 is 10.3 Å². The van der Waals surface area contributed by atoms with Gasteiger partial charge in [0, 0.05) is 18.6 Å². The number of aromatic nitrogens is 1. The number of pyridine rings is 1. The molecule has 0 radical (unpaired) electrons. The molecule has 158 valence electrons. The highest BCUT2D eigenvalue weighted by atomic mass is 32.2. The highest BCUT2D eigenvalue weighted by Crippen LogP contribution is 2.12. The molecule has 0 unspecified atom stereocenters. The number of nitrogens with two attached hydrogens (primary N) is 1. The molecule has 1 aromatic heterocycles. The maximum Gasteiger partial charge on any atom is 0.168 e. The lowest BCUT2D eigenvalue weighted by atomic mass is 10.0. The summed E-state index contributed by atoms with van der Waals surface area (Å²) in [6, 6.07) is 6.31. The fourth-order valence-electron chi connectivity index (χ4n) is 3.07. The molecule has 0 saturated carbocycles. The Morgan fingerprint density at radius 2 is 1.04 bits per heavy atom. The largest absolute Gasteiger partial charge is 0.736 e. The highest BCUT2D eigenvalue weighted by molar-refractivity contribution is 7.83. The van der Waals surface area contributed by atoms with E-state index in [4.69, 9.17) is 13.0 Å². The van der Waals surface area contributed by atoms with E-state index in [1.165, 1.54) is 96.4 Å². The molecule has 2 N–H and O–H groups in total. The van der Waals surface area contributed by atoms with Gasteiger partial charge in [-0.05, 0) is 6.42 Å². The minimum atomic E-state index is -4.42. The lowest BCUT2D eigenvalue weighted by Gasteiger charge is -2.02. The first-order valence-corrected chi connectivity index (χ1v) is 12.1. The summed E-state index contributed by atoms with van der Waals surface area (Å²) >= 11 is 0. The predicted octanol–water partition coefficient (Wildman–Crippen LogP) is 4.86. The minimum Gasteiger partial charge on any atom is -0.736 e. The normalized spacial score (nSPS) is 11.1. The molecule has 0 fully saturated rings. The van der Waals surface area contributed by atoms with Crippen molar-refractivity contribution in [2.24, 2.45) is 5.14 Å². The van der Waals surface area contributed by atoms with Gasteiger partial charge in [0.2, 0.25) is 0 Å². The van der Waals surface area contributed by atoms with Gasteiger partial charge in [0.05, 0.1) is 0 Å². The Bertz CT molecular complexity index is 513. The fourth-order valence-corrected chi connectivity index (χ4v) is 3.07. The Balaban J connectivity index is 0.00000119. The summed E-state index contributed by atoms with van der Waals surface area (Å²) in [6.45, 7) is 3.47. The molecule has 6 heteroatoms. The van der Waals surface area contributed by atoms with Gasteiger partial charge in [0.15, 0.2) is 22.7 Å². The SMILES string of the molecule is CCCCCCCCCCCCCCCC[n+]1ccccc1.NS(=O)(=O)[O-]. The van der Waals surface area contributed by atoms with Crippen LogP contribution in [0.2, 0.25) is 0 Å². The summed E-state index contributed by atoms with van der Waals surface area (Å²) < 4.78 is 28.9. The van der Waals surface area contributed by atoms with Crippen LogP contribution in [0.25, 0.3) is 0 Å². The zero-order chi connectivity index (χ0) is 20.2. The monoisotopic (exact) mass is 400 g/mol. The zero-order valence-corrected chi connectivity index (χ0v) is 18.0. The summed E-state index contributed by atoms with van der Waals surface area (Å²) in [7, 11) is -4.42. The van der Waals surface area contributed by atoms with Crippen molar-refractivity contribution < 1.29 is 17.5 Å². The quantitative estimate of drug-likeness (QED) is 0.259. The molecular weight excluding hydrogens is 360 g/mol. The number of unbranched alkanes of at least 4 members (excludes halogenated alkanes) is 13. The van der Waals surface area contributed by atoms with Crippen molar-refractivity contribution in [2.45, 2.75) is 103 Å². The second-order valence-corrected chi connectivity index (χ2v) is 8.19. The Morgan fingerprint density at radius 3 is 1.41 bits per heavy atom. The molecule has 0 bridgehead atoms. The van der Waals surface area contributed by atoms with Crippen LogP contribution in [0.15, 0.2) is 30.6 Å². The van der Waals surface area contributed by atoms with Gasteiger partial charge in [-0.15, -0.1) is 0 Å². The first-order chi connectivity index (χ1) is 12.9. The van der Waals surface area contributed by atoms with Crippen LogP contribution in [-0.2, 0) is 16.8 Å². The van der Waals surface area contributed by atoms with Gasteiger partial charge in [-0.2, -0.15) is 0 Å². The van der Waals surface area contributed by atoms with Crippen molar-refractivity contribution >= 4 is 10.3 Å². The van der Waals surface area contributed by atoms with Gasteiger partial charge in [-0.1, -0.05) is 90.0 Å². The Morgan fingerprint density at radius 1 is 0.704 bits per heavy atom. The number of hydrogen-bond acceptors (Lipinski definition) is 3. The van der Waals surface area contributed by atoms with E-state index in [-0.39, 0.29) is 0 Å². The molecule has 0 aliphatic heterocycles. The van der Waals surface area contributed by atoms with E-state index in [9.17, 15) is 0 Å². The molecular formula is C21H40N2O3S. The molecule has 0 spiro atoms. The van der Waals surface area contributed by atoms with Crippen molar-refractivity contribution in [1.82, 2.24) is 0 Å².